The van der Waals surface area contributed by atoms with Crippen molar-refractivity contribution in [2.75, 3.05) is 6.61 Å². The van der Waals surface area contributed by atoms with Gasteiger partial charge >= 0.3 is 0 Å². The highest BCUT2D eigenvalue weighted by Gasteiger charge is 2.30. The summed E-state index contributed by atoms with van der Waals surface area (Å²) in [5.41, 5.74) is 2.47. The van der Waals surface area contributed by atoms with Crippen molar-refractivity contribution in [2.45, 2.75) is 25.6 Å². The zero-order chi connectivity index (χ0) is 26.7. The fourth-order valence-electron chi connectivity index (χ4n) is 3.92. The lowest BCUT2D eigenvalue weighted by molar-refractivity contribution is -0.142. The Labute approximate surface area is 232 Å². The number of rotatable bonds is 11. The molecule has 0 fully saturated rings. The van der Waals surface area contributed by atoms with Crippen molar-refractivity contribution in [3.8, 4) is 5.75 Å². The van der Waals surface area contributed by atoms with Crippen LogP contribution in [0.2, 0.25) is 10.0 Å². The maximum absolute atomic E-state index is 13.6. The molecule has 2 amide bonds. The molecule has 0 aliphatic rings. The molecule has 0 saturated carbocycles. The van der Waals surface area contributed by atoms with Crippen LogP contribution in [0.5, 0.6) is 5.75 Å². The molecule has 3 aromatic carbocycles. The maximum Gasteiger partial charge on any atom is 0.261 e. The summed E-state index contributed by atoms with van der Waals surface area (Å²) in [5, 5.41) is 3.94. The Morgan fingerprint density at radius 1 is 0.842 bits per heavy atom. The highest BCUT2D eigenvalue weighted by molar-refractivity contribution is 6.32. The number of hydrogen-bond acceptors (Lipinski definition) is 4. The van der Waals surface area contributed by atoms with E-state index in [1.165, 1.54) is 0 Å². The molecule has 1 heterocycles. The number of carbonyl (C=O) groups excluding carboxylic acids is 2. The first-order valence-electron chi connectivity index (χ1n) is 12.1. The lowest BCUT2D eigenvalue weighted by atomic mass is 10.0. The monoisotopic (exact) mass is 547 g/mol. The molecule has 0 radical (unpaired) electrons. The highest BCUT2D eigenvalue weighted by Crippen LogP contribution is 2.24. The minimum Gasteiger partial charge on any atom is -0.482 e. The summed E-state index contributed by atoms with van der Waals surface area (Å²) in [6, 6.07) is 28.4. The van der Waals surface area contributed by atoms with E-state index in [0.717, 1.165) is 16.8 Å². The molecule has 8 heteroatoms. The van der Waals surface area contributed by atoms with E-state index in [1.807, 2.05) is 60.7 Å². The molecule has 4 aromatic rings. The molecule has 194 valence electrons. The van der Waals surface area contributed by atoms with Crippen LogP contribution >= 0.6 is 23.2 Å². The first-order chi connectivity index (χ1) is 18.5. The smallest absolute Gasteiger partial charge is 0.261 e. The largest absolute Gasteiger partial charge is 0.482 e. The van der Waals surface area contributed by atoms with E-state index < -0.39 is 6.04 Å². The molecule has 38 heavy (non-hydrogen) atoms. The molecule has 1 unspecified atom stereocenters. The average Bonchev–Trinajstić information content (AvgIpc) is 2.95. The molecule has 6 nitrogen and oxygen atoms in total. The van der Waals surface area contributed by atoms with Gasteiger partial charge in [-0.1, -0.05) is 83.9 Å². The molecule has 0 spiro atoms. The van der Waals surface area contributed by atoms with Crippen LogP contribution < -0.4 is 10.1 Å². The number of aromatic nitrogens is 1. The van der Waals surface area contributed by atoms with Crippen LogP contribution in [-0.4, -0.2) is 34.3 Å². The number of amides is 2. The number of halogens is 2. The third kappa shape index (κ3) is 7.81. The van der Waals surface area contributed by atoms with E-state index in [9.17, 15) is 9.59 Å². The van der Waals surface area contributed by atoms with Gasteiger partial charge in [-0.15, -0.1) is 0 Å². The first-order valence-corrected chi connectivity index (χ1v) is 12.9. The molecular weight excluding hydrogens is 521 g/mol. The van der Waals surface area contributed by atoms with Crippen LogP contribution in [0.15, 0.2) is 103 Å². The summed E-state index contributed by atoms with van der Waals surface area (Å²) in [6.45, 7) is 0.149. The third-order valence-electron chi connectivity index (χ3n) is 5.89. The van der Waals surface area contributed by atoms with Crippen LogP contribution in [0.1, 0.15) is 16.8 Å². The Balaban J connectivity index is 1.61. The van der Waals surface area contributed by atoms with Crippen molar-refractivity contribution < 1.29 is 14.3 Å². The van der Waals surface area contributed by atoms with Crippen LogP contribution in [0, 0.1) is 0 Å². The number of hydrogen-bond donors (Lipinski definition) is 1. The van der Waals surface area contributed by atoms with Gasteiger partial charge in [0.2, 0.25) is 5.91 Å². The number of ether oxygens (including phenoxy) is 1. The molecule has 0 saturated heterocycles. The summed E-state index contributed by atoms with van der Waals surface area (Å²) >= 11 is 12.3. The predicted octanol–water partition coefficient (Wildman–Crippen LogP) is 5.72. The standard InChI is InChI=1S/C30H27Cl2N3O3/c31-24-15-13-23(14-16-24)20-35(29(36)21-38-28-12-5-4-11-26(28)32)27(18-22-8-2-1-3-9-22)30(37)34-19-25-10-6-7-17-33-25/h1-17,27H,18-21H2,(H,34,37). The Kier molecular flexibility index (Phi) is 9.73. The van der Waals surface area contributed by atoms with Gasteiger partial charge < -0.3 is 15.0 Å². The molecular formula is C30H27Cl2N3O3. The second-order valence-electron chi connectivity index (χ2n) is 8.61. The van der Waals surface area contributed by atoms with Crippen molar-refractivity contribution in [2.24, 2.45) is 0 Å². The van der Waals surface area contributed by atoms with Gasteiger partial charge in [0.15, 0.2) is 6.61 Å². The Morgan fingerprint density at radius 2 is 1.55 bits per heavy atom. The fraction of sp³-hybridized carbons (Fsp3) is 0.167. The quantitative estimate of drug-likeness (QED) is 0.260. The second-order valence-corrected chi connectivity index (χ2v) is 9.46. The van der Waals surface area contributed by atoms with E-state index >= 15 is 0 Å². The van der Waals surface area contributed by atoms with Crippen LogP contribution in [0.25, 0.3) is 0 Å². The summed E-state index contributed by atoms with van der Waals surface area (Å²) < 4.78 is 5.76. The summed E-state index contributed by atoms with van der Waals surface area (Å²) in [4.78, 5) is 33.1. The summed E-state index contributed by atoms with van der Waals surface area (Å²) in [7, 11) is 0. The maximum atomic E-state index is 13.6. The van der Waals surface area contributed by atoms with Gasteiger partial charge in [0.05, 0.1) is 17.3 Å². The molecule has 0 aliphatic heterocycles. The zero-order valence-corrected chi connectivity index (χ0v) is 22.1. The molecule has 1 aromatic heterocycles. The van der Waals surface area contributed by atoms with Gasteiger partial charge in [0, 0.05) is 24.2 Å². The number of nitrogens with one attached hydrogen (secondary N) is 1. The number of carbonyl (C=O) groups is 2. The van der Waals surface area contributed by atoms with Crippen LogP contribution in [0.3, 0.4) is 0 Å². The van der Waals surface area contributed by atoms with E-state index in [0.29, 0.717) is 22.2 Å². The molecule has 0 bridgehead atoms. The molecule has 0 aliphatic carbocycles. The fourth-order valence-corrected chi connectivity index (χ4v) is 4.24. The second kappa shape index (κ2) is 13.6. The summed E-state index contributed by atoms with van der Waals surface area (Å²) in [6.07, 6.45) is 1.99. The van der Waals surface area contributed by atoms with Gasteiger partial charge in [-0.3, -0.25) is 14.6 Å². The topological polar surface area (TPSA) is 71.5 Å². The van der Waals surface area contributed by atoms with E-state index in [2.05, 4.69) is 10.3 Å². The van der Waals surface area contributed by atoms with Gasteiger partial charge in [-0.25, -0.2) is 0 Å². The van der Waals surface area contributed by atoms with E-state index in [4.69, 9.17) is 27.9 Å². The van der Waals surface area contributed by atoms with Crippen LogP contribution in [-0.2, 0) is 29.1 Å². The highest BCUT2D eigenvalue weighted by atomic mass is 35.5. The number of pyridine rings is 1. The summed E-state index contributed by atoms with van der Waals surface area (Å²) in [5.74, 6) is -0.249. The van der Waals surface area contributed by atoms with E-state index in [-0.39, 0.29) is 31.5 Å². The third-order valence-corrected chi connectivity index (χ3v) is 6.46. The normalized spacial score (nSPS) is 11.4. The Bertz CT molecular complexity index is 1340. The number of nitrogens with zero attached hydrogens (tertiary/aromatic N) is 2. The lowest BCUT2D eigenvalue weighted by Crippen LogP contribution is -2.51. The van der Waals surface area contributed by atoms with Crippen molar-refractivity contribution >= 4 is 35.0 Å². The predicted molar refractivity (Wildman–Crippen MR) is 149 cm³/mol. The number of benzene rings is 3. The number of para-hydroxylation sites is 1. The van der Waals surface area contributed by atoms with Gasteiger partial charge in [-0.2, -0.15) is 0 Å². The van der Waals surface area contributed by atoms with Gasteiger partial charge in [-0.05, 0) is 47.5 Å². The zero-order valence-electron chi connectivity index (χ0n) is 20.6. The minimum absolute atomic E-state index is 0.191. The van der Waals surface area contributed by atoms with Crippen LogP contribution in [0.4, 0.5) is 0 Å². The van der Waals surface area contributed by atoms with Crippen molar-refractivity contribution in [3.05, 3.63) is 130 Å². The molecule has 1 N–H and O–H groups in total. The first kappa shape index (κ1) is 27.2. The lowest BCUT2D eigenvalue weighted by Gasteiger charge is -2.31. The SMILES string of the molecule is O=C(NCc1ccccn1)C(Cc1ccccc1)N(Cc1ccc(Cl)cc1)C(=O)COc1ccccc1Cl. The average molecular weight is 548 g/mol. The van der Waals surface area contributed by atoms with Gasteiger partial charge in [0.1, 0.15) is 11.8 Å². The van der Waals surface area contributed by atoms with Crippen molar-refractivity contribution in [3.63, 3.8) is 0 Å². The van der Waals surface area contributed by atoms with E-state index in [1.54, 1.807) is 47.5 Å². The minimum atomic E-state index is -0.806. The van der Waals surface area contributed by atoms with Gasteiger partial charge in [0.25, 0.3) is 5.91 Å². The molecule has 4 rings (SSSR count). The molecule has 1 atom stereocenters. The Morgan fingerprint density at radius 3 is 2.26 bits per heavy atom. The van der Waals surface area contributed by atoms with Crippen molar-refractivity contribution in [1.29, 1.82) is 0 Å². The Hall–Kier alpha value is -3.87. The van der Waals surface area contributed by atoms with Crippen molar-refractivity contribution in [1.82, 2.24) is 15.2 Å².